The fraction of sp³-hybridized carbons (Fsp3) is 0.950. The minimum Gasteiger partial charge on any atom is -0.462 e. The Morgan fingerprint density at radius 3 is 0.768 bits per heavy atom. The lowest BCUT2D eigenvalue weighted by Crippen LogP contribution is -2.30. The van der Waals surface area contributed by atoms with Gasteiger partial charge in [-0.15, -0.1) is 0 Å². The summed E-state index contributed by atoms with van der Waals surface area (Å²) in [5, 5.41) is 10.6. The molecule has 0 fully saturated rings. The molecule has 588 valence electrons. The Balaban J connectivity index is 5.27. The number of phosphoric acid groups is 2. The molecule has 0 aromatic rings. The van der Waals surface area contributed by atoms with E-state index in [2.05, 4.69) is 48.5 Å². The zero-order valence-electron chi connectivity index (χ0n) is 65.0. The maximum Gasteiger partial charge on any atom is 0.472 e. The average Bonchev–Trinajstić information content (AvgIpc) is 1.18. The fourth-order valence-electron chi connectivity index (χ4n) is 12.3. The number of phosphoric ester groups is 2. The summed E-state index contributed by atoms with van der Waals surface area (Å²) in [4.78, 5) is 73.0. The molecule has 0 bridgehead atoms. The Morgan fingerprint density at radius 2 is 0.515 bits per heavy atom. The van der Waals surface area contributed by atoms with Crippen LogP contribution in [0.25, 0.3) is 0 Å². The van der Waals surface area contributed by atoms with Gasteiger partial charge in [-0.3, -0.25) is 37.3 Å². The van der Waals surface area contributed by atoms with Crippen molar-refractivity contribution in [3.8, 4) is 0 Å². The van der Waals surface area contributed by atoms with Crippen molar-refractivity contribution in [2.75, 3.05) is 39.6 Å². The van der Waals surface area contributed by atoms with E-state index in [4.69, 9.17) is 37.0 Å². The van der Waals surface area contributed by atoms with E-state index in [0.717, 1.165) is 108 Å². The molecule has 0 aliphatic carbocycles. The summed E-state index contributed by atoms with van der Waals surface area (Å²) in [6, 6.07) is 0. The number of aliphatic hydroxyl groups excluding tert-OH is 1. The molecule has 0 aliphatic heterocycles. The van der Waals surface area contributed by atoms with Crippen LogP contribution in [0.5, 0.6) is 0 Å². The number of unbranched alkanes of at least 4 members (excludes halogenated alkanes) is 45. The predicted molar refractivity (Wildman–Crippen MR) is 405 cm³/mol. The summed E-state index contributed by atoms with van der Waals surface area (Å²) in [6.07, 6.45) is 58.1. The molecule has 0 amide bonds. The largest absolute Gasteiger partial charge is 0.472 e. The van der Waals surface area contributed by atoms with Gasteiger partial charge in [0.05, 0.1) is 26.4 Å². The minimum atomic E-state index is -4.96. The highest BCUT2D eigenvalue weighted by Crippen LogP contribution is 2.45. The van der Waals surface area contributed by atoms with Gasteiger partial charge in [0.1, 0.15) is 19.3 Å². The first-order valence-corrected chi connectivity index (χ1v) is 44.4. The van der Waals surface area contributed by atoms with Gasteiger partial charge in [-0.25, -0.2) is 9.13 Å². The summed E-state index contributed by atoms with van der Waals surface area (Å²) in [6.45, 7) is 12.0. The van der Waals surface area contributed by atoms with Crippen molar-refractivity contribution in [3.05, 3.63) is 0 Å². The number of rotatable bonds is 78. The molecule has 0 aromatic carbocycles. The normalized spacial score (nSPS) is 14.3. The third-order valence-electron chi connectivity index (χ3n) is 19.0. The Bertz CT molecular complexity index is 1920. The van der Waals surface area contributed by atoms with E-state index in [9.17, 15) is 43.2 Å². The van der Waals surface area contributed by atoms with E-state index < -0.39 is 97.5 Å². The van der Waals surface area contributed by atoms with Gasteiger partial charge in [0.2, 0.25) is 0 Å². The van der Waals surface area contributed by atoms with Crippen molar-refractivity contribution in [2.24, 2.45) is 17.8 Å². The van der Waals surface area contributed by atoms with Gasteiger partial charge in [-0.2, -0.15) is 0 Å². The molecule has 17 nitrogen and oxygen atoms in total. The quantitative estimate of drug-likeness (QED) is 0.0222. The molecule has 3 N–H and O–H groups in total. The standard InChI is InChI=1S/C80H156O17P2/c1-8-10-11-12-13-14-15-16-17-18-21-27-32-40-47-54-61-77(82)90-67-75(96-79(84)63-56-49-42-33-28-22-19-20-25-30-37-44-51-58-71(3)4)69-94-98(86,87)92-65-74(81)66-93-99(88,89)95-70-76(68-91-78(83)62-55-48-41-36-35-39-46-53-60-73(7)9-2)97-80(85)64-57-50-43-34-29-24-23-26-31-38-45-52-59-72(5)6/h71-76,81H,8-70H2,1-7H3,(H,86,87)(H,88,89)/t73?,74-,75-,76-/m1/s1. The lowest BCUT2D eigenvalue weighted by atomic mass is 9.99. The molecular weight excluding hydrogens is 1290 g/mol. The second-order valence-electron chi connectivity index (χ2n) is 30.0. The number of ether oxygens (including phenoxy) is 4. The van der Waals surface area contributed by atoms with Crippen LogP contribution >= 0.6 is 15.6 Å². The van der Waals surface area contributed by atoms with Crippen molar-refractivity contribution in [3.63, 3.8) is 0 Å². The third-order valence-corrected chi connectivity index (χ3v) is 20.9. The van der Waals surface area contributed by atoms with Gasteiger partial charge in [0.15, 0.2) is 12.2 Å². The zero-order valence-corrected chi connectivity index (χ0v) is 66.8. The van der Waals surface area contributed by atoms with Crippen LogP contribution in [0.3, 0.4) is 0 Å². The monoisotopic (exact) mass is 1450 g/mol. The van der Waals surface area contributed by atoms with Crippen molar-refractivity contribution in [1.29, 1.82) is 0 Å². The molecule has 19 heteroatoms. The number of carbonyl (C=O) groups is 4. The fourth-order valence-corrected chi connectivity index (χ4v) is 13.9. The molecule has 0 rings (SSSR count). The van der Waals surface area contributed by atoms with E-state index in [-0.39, 0.29) is 25.7 Å². The summed E-state index contributed by atoms with van der Waals surface area (Å²) in [5.74, 6) is 0.230. The number of esters is 4. The molecule has 0 heterocycles. The van der Waals surface area contributed by atoms with E-state index in [1.54, 1.807) is 0 Å². The van der Waals surface area contributed by atoms with E-state index in [1.165, 1.54) is 225 Å². The maximum absolute atomic E-state index is 13.1. The lowest BCUT2D eigenvalue weighted by molar-refractivity contribution is -0.161. The highest BCUT2D eigenvalue weighted by molar-refractivity contribution is 7.47. The van der Waals surface area contributed by atoms with Gasteiger partial charge in [-0.1, -0.05) is 363 Å². The molecule has 0 aromatic heterocycles. The van der Waals surface area contributed by atoms with Gasteiger partial charge in [-0.05, 0) is 43.4 Å². The summed E-state index contributed by atoms with van der Waals surface area (Å²) in [5.41, 5.74) is 0. The first kappa shape index (κ1) is 97.1. The second-order valence-corrected chi connectivity index (χ2v) is 32.9. The molecule has 0 spiro atoms. The number of aliphatic hydroxyl groups is 1. The van der Waals surface area contributed by atoms with Crippen molar-refractivity contribution >= 4 is 39.5 Å². The molecular formula is C80H156O17P2. The van der Waals surface area contributed by atoms with Crippen LogP contribution in [0.15, 0.2) is 0 Å². The summed E-state index contributed by atoms with van der Waals surface area (Å²) >= 11 is 0. The van der Waals surface area contributed by atoms with Gasteiger partial charge in [0, 0.05) is 25.7 Å². The summed E-state index contributed by atoms with van der Waals surface area (Å²) < 4.78 is 68.7. The first-order valence-electron chi connectivity index (χ1n) is 41.4. The molecule has 0 saturated carbocycles. The highest BCUT2D eigenvalue weighted by atomic mass is 31.2. The van der Waals surface area contributed by atoms with E-state index in [1.807, 2.05) is 0 Å². The second kappa shape index (κ2) is 70.4. The summed E-state index contributed by atoms with van der Waals surface area (Å²) in [7, 11) is -9.92. The minimum absolute atomic E-state index is 0.106. The number of carbonyl (C=O) groups excluding carboxylic acids is 4. The van der Waals surface area contributed by atoms with Crippen LogP contribution in [0, 0.1) is 17.8 Å². The third kappa shape index (κ3) is 72.8. The molecule has 0 radical (unpaired) electrons. The van der Waals surface area contributed by atoms with Crippen LogP contribution in [0.2, 0.25) is 0 Å². The van der Waals surface area contributed by atoms with Crippen molar-refractivity contribution in [1.82, 2.24) is 0 Å². The van der Waals surface area contributed by atoms with Crippen molar-refractivity contribution < 1.29 is 80.2 Å². The Hall–Kier alpha value is -1.94. The predicted octanol–water partition coefficient (Wildman–Crippen LogP) is 23.7. The maximum atomic E-state index is 13.1. The van der Waals surface area contributed by atoms with E-state index in [0.29, 0.717) is 25.7 Å². The van der Waals surface area contributed by atoms with Crippen LogP contribution < -0.4 is 0 Å². The van der Waals surface area contributed by atoms with Crippen LogP contribution in [0.4, 0.5) is 0 Å². The zero-order chi connectivity index (χ0) is 73.0. The average molecular weight is 1450 g/mol. The van der Waals surface area contributed by atoms with Crippen LogP contribution in [0.1, 0.15) is 414 Å². The first-order chi connectivity index (χ1) is 47.8. The molecule has 6 atom stereocenters. The smallest absolute Gasteiger partial charge is 0.462 e. The molecule has 99 heavy (non-hydrogen) atoms. The topological polar surface area (TPSA) is 237 Å². The van der Waals surface area contributed by atoms with E-state index >= 15 is 0 Å². The molecule has 0 saturated heterocycles. The Morgan fingerprint density at radius 1 is 0.293 bits per heavy atom. The Kier molecular flexibility index (Phi) is 69.0. The number of hydrogen-bond acceptors (Lipinski definition) is 15. The SMILES string of the molecule is CCCCCCCCCCCCCCCCCCC(=O)OC[C@H](COP(=O)(O)OC[C@@H](O)COP(=O)(O)OC[C@@H](COC(=O)CCCCCCCCCCC(C)CC)OC(=O)CCCCCCCCCCCCCCC(C)C)OC(=O)CCCCCCCCCCCCCCCC(C)C. The van der Waals surface area contributed by atoms with Gasteiger partial charge in [0.25, 0.3) is 0 Å². The highest BCUT2D eigenvalue weighted by Gasteiger charge is 2.30. The Labute approximate surface area is 607 Å². The van der Waals surface area contributed by atoms with Crippen LogP contribution in [-0.2, 0) is 65.4 Å². The molecule has 0 aliphatic rings. The van der Waals surface area contributed by atoms with Crippen LogP contribution in [-0.4, -0.2) is 96.7 Å². The van der Waals surface area contributed by atoms with Gasteiger partial charge < -0.3 is 33.8 Å². The lowest BCUT2D eigenvalue weighted by Gasteiger charge is -2.21. The molecule has 3 unspecified atom stereocenters. The van der Waals surface area contributed by atoms with Crippen molar-refractivity contribution in [2.45, 2.75) is 433 Å². The number of hydrogen-bond donors (Lipinski definition) is 3. The van der Waals surface area contributed by atoms with Gasteiger partial charge >= 0.3 is 39.5 Å².